The number of carbonyl (C=O) groups is 1. The number of amides is 1. The zero-order valence-corrected chi connectivity index (χ0v) is 16.7. The van der Waals surface area contributed by atoms with Gasteiger partial charge in [0.05, 0.1) is 26.7 Å². The van der Waals surface area contributed by atoms with Crippen LogP contribution >= 0.6 is 23.2 Å². The van der Waals surface area contributed by atoms with E-state index in [1.165, 1.54) is 16.8 Å². The number of halogens is 2. The van der Waals surface area contributed by atoms with Crippen LogP contribution < -0.4 is 0 Å². The minimum atomic E-state index is -0.467. The highest BCUT2D eigenvalue weighted by Crippen LogP contribution is 2.35. The summed E-state index contributed by atoms with van der Waals surface area (Å²) in [5.41, 5.74) is 1.69. The molecule has 1 amide bonds. The molecular formula is C20H16Cl2N4O3. The van der Waals surface area contributed by atoms with Gasteiger partial charge in [-0.1, -0.05) is 35.3 Å². The fraction of sp³-hybridized carbons (Fsp3) is 0.200. The molecule has 0 spiro atoms. The van der Waals surface area contributed by atoms with Crippen LogP contribution in [0, 0.1) is 10.1 Å². The number of non-ortho nitro benzene ring substituents is 1. The van der Waals surface area contributed by atoms with Gasteiger partial charge in [0, 0.05) is 24.9 Å². The van der Waals surface area contributed by atoms with Gasteiger partial charge >= 0.3 is 0 Å². The Morgan fingerprint density at radius 1 is 1.14 bits per heavy atom. The summed E-state index contributed by atoms with van der Waals surface area (Å²) in [5.74, 6) is -0.192. The molecule has 1 aliphatic rings. The second-order valence-electron chi connectivity index (χ2n) is 6.75. The minimum Gasteiger partial charge on any atom is -0.330 e. The van der Waals surface area contributed by atoms with Gasteiger partial charge in [0.15, 0.2) is 5.69 Å². The smallest absolute Gasteiger partial charge is 0.274 e. The van der Waals surface area contributed by atoms with Crippen molar-refractivity contribution in [3.63, 3.8) is 0 Å². The van der Waals surface area contributed by atoms with Crippen molar-refractivity contribution in [3.05, 3.63) is 86.1 Å². The Bertz CT molecular complexity index is 1100. The summed E-state index contributed by atoms with van der Waals surface area (Å²) in [6.45, 7) is 0.618. The Morgan fingerprint density at radius 3 is 2.72 bits per heavy atom. The zero-order valence-electron chi connectivity index (χ0n) is 15.2. The molecule has 0 saturated carbocycles. The molecule has 148 valence electrons. The molecule has 1 fully saturated rings. The Kier molecular flexibility index (Phi) is 5.25. The van der Waals surface area contributed by atoms with Gasteiger partial charge in [-0.25, -0.2) is 4.68 Å². The minimum absolute atomic E-state index is 0.0369. The highest BCUT2D eigenvalue weighted by molar-refractivity contribution is 6.42. The van der Waals surface area contributed by atoms with E-state index in [0.717, 1.165) is 18.4 Å². The van der Waals surface area contributed by atoms with Gasteiger partial charge in [0.1, 0.15) is 0 Å². The van der Waals surface area contributed by atoms with Crippen LogP contribution in [0.5, 0.6) is 0 Å². The van der Waals surface area contributed by atoms with E-state index >= 15 is 0 Å². The van der Waals surface area contributed by atoms with Crippen molar-refractivity contribution in [1.29, 1.82) is 0 Å². The summed E-state index contributed by atoms with van der Waals surface area (Å²) < 4.78 is 1.46. The molecule has 1 atom stereocenters. The van der Waals surface area contributed by atoms with E-state index in [4.69, 9.17) is 23.2 Å². The van der Waals surface area contributed by atoms with Crippen LogP contribution in [-0.4, -0.2) is 32.1 Å². The number of nitro groups is 1. The number of benzene rings is 2. The highest BCUT2D eigenvalue weighted by Gasteiger charge is 2.32. The predicted octanol–water partition coefficient (Wildman–Crippen LogP) is 5.06. The quantitative estimate of drug-likeness (QED) is 0.427. The topological polar surface area (TPSA) is 81.3 Å². The van der Waals surface area contributed by atoms with Crippen molar-refractivity contribution >= 4 is 34.8 Å². The maximum atomic E-state index is 13.1. The first-order valence-corrected chi connectivity index (χ1v) is 9.76. The number of likely N-dealkylation sites (tertiary alicyclic amines) is 1. The molecule has 9 heteroatoms. The third-order valence-corrected chi connectivity index (χ3v) is 5.69. The van der Waals surface area contributed by atoms with E-state index in [9.17, 15) is 14.9 Å². The fourth-order valence-electron chi connectivity index (χ4n) is 3.55. The molecule has 2 heterocycles. The van der Waals surface area contributed by atoms with Gasteiger partial charge < -0.3 is 4.90 Å². The van der Waals surface area contributed by atoms with E-state index in [0.29, 0.717) is 22.3 Å². The third kappa shape index (κ3) is 3.83. The lowest BCUT2D eigenvalue weighted by Gasteiger charge is -2.24. The molecule has 4 rings (SSSR count). The molecule has 0 radical (unpaired) electrons. The second kappa shape index (κ2) is 7.85. The number of carbonyl (C=O) groups excluding carboxylic acids is 1. The normalized spacial score (nSPS) is 16.2. The van der Waals surface area contributed by atoms with Crippen LogP contribution in [0.3, 0.4) is 0 Å². The molecule has 1 aliphatic heterocycles. The van der Waals surface area contributed by atoms with Crippen molar-refractivity contribution in [1.82, 2.24) is 14.7 Å². The van der Waals surface area contributed by atoms with Crippen molar-refractivity contribution in [3.8, 4) is 5.69 Å². The van der Waals surface area contributed by atoms with Crippen LogP contribution in [0.2, 0.25) is 10.0 Å². The van der Waals surface area contributed by atoms with Gasteiger partial charge in [0.25, 0.3) is 11.6 Å². The molecule has 7 nitrogen and oxygen atoms in total. The highest BCUT2D eigenvalue weighted by atomic mass is 35.5. The third-order valence-electron chi connectivity index (χ3n) is 4.96. The maximum absolute atomic E-state index is 13.1. The summed E-state index contributed by atoms with van der Waals surface area (Å²) in [6, 6.07) is 13.0. The first-order chi connectivity index (χ1) is 13.9. The van der Waals surface area contributed by atoms with Gasteiger partial charge in [0.2, 0.25) is 0 Å². The lowest BCUT2D eigenvalue weighted by atomic mass is 10.0. The van der Waals surface area contributed by atoms with E-state index < -0.39 is 4.92 Å². The Balaban J connectivity index is 1.59. The van der Waals surface area contributed by atoms with Gasteiger partial charge in [-0.3, -0.25) is 14.9 Å². The fourth-order valence-corrected chi connectivity index (χ4v) is 3.86. The van der Waals surface area contributed by atoms with E-state index in [2.05, 4.69) is 5.10 Å². The van der Waals surface area contributed by atoms with Crippen molar-refractivity contribution < 1.29 is 9.72 Å². The summed E-state index contributed by atoms with van der Waals surface area (Å²) in [4.78, 5) is 25.4. The van der Waals surface area contributed by atoms with Crippen LogP contribution in [0.4, 0.5) is 5.69 Å². The van der Waals surface area contributed by atoms with Gasteiger partial charge in [-0.2, -0.15) is 5.10 Å². The Hall–Kier alpha value is -2.90. The second-order valence-corrected chi connectivity index (χ2v) is 7.57. The van der Waals surface area contributed by atoms with Crippen molar-refractivity contribution in [2.45, 2.75) is 18.9 Å². The van der Waals surface area contributed by atoms with E-state index in [1.54, 1.807) is 41.4 Å². The van der Waals surface area contributed by atoms with Crippen LogP contribution in [-0.2, 0) is 0 Å². The Labute approximate surface area is 176 Å². The molecule has 0 aliphatic carbocycles. The molecule has 1 unspecified atom stereocenters. The number of hydrogen-bond acceptors (Lipinski definition) is 4. The number of rotatable bonds is 4. The average molecular weight is 431 g/mol. The summed E-state index contributed by atoms with van der Waals surface area (Å²) >= 11 is 12.2. The average Bonchev–Trinajstić information content (AvgIpc) is 3.39. The molecule has 0 bridgehead atoms. The molecule has 3 aromatic rings. The maximum Gasteiger partial charge on any atom is 0.274 e. The molecule has 0 N–H and O–H groups in total. The number of nitrogens with zero attached hydrogens (tertiary/aromatic N) is 4. The predicted molar refractivity (Wildman–Crippen MR) is 110 cm³/mol. The SMILES string of the molecule is O=C(c1ccn(-c2cccc([N+](=O)[O-])c2)n1)N1CCCC1c1ccc(Cl)c(Cl)c1. The van der Waals surface area contributed by atoms with Gasteiger partial charge in [-0.05, 0) is 42.7 Å². The molecule has 1 saturated heterocycles. The summed E-state index contributed by atoms with van der Waals surface area (Å²) in [6.07, 6.45) is 3.33. The largest absolute Gasteiger partial charge is 0.330 e. The standard InChI is InChI=1S/C20H16Cl2N4O3/c21-16-7-6-13(11-17(16)22)19-5-2-9-24(19)20(27)18-8-10-25(23-18)14-3-1-4-15(12-14)26(28)29/h1,3-4,6-8,10-12,19H,2,5,9H2. The Morgan fingerprint density at radius 2 is 1.97 bits per heavy atom. The van der Waals surface area contributed by atoms with E-state index in [1.807, 2.05) is 6.07 Å². The van der Waals surface area contributed by atoms with Crippen molar-refractivity contribution in [2.75, 3.05) is 6.54 Å². The monoisotopic (exact) mass is 430 g/mol. The molecule has 29 heavy (non-hydrogen) atoms. The van der Waals surface area contributed by atoms with Gasteiger partial charge in [-0.15, -0.1) is 0 Å². The molecule has 2 aromatic carbocycles. The summed E-state index contributed by atoms with van der Waals surface area (Å²) in [5, 5.41) is 16.3. The molecule has 1 aromatic heterocycles. The summed E-state index contributed by atoms with van der Waals surface area (Å²) in [7, 11) is 0. The van der Waals surface area contributed by atoms with E-state index in [-0.39, 0.29) is 23.3 Å². The lowest BCUT2D eigenvalue weighted by Crippen LogP contribution is -2.31. The number of nitro benzene ring substituents is 1. The lowest BCUT2D eigenvalue weighted by molar-refractivity contribution is -0.384. The first kappa shape index (κ1) is 19.4. The van der Waals surface area contributed by atoms with Crippen LogP contribution in [0.1, 0.15) is 34.9 Å². The molecular weight excluding hydrogens is 415 g/mol. The first-order valence-electron chi connectivity index (χ1n) is 9.00. The number of hydrogen-bond donors (Lipinski definition) is 0. The van der Waals surface area contributed by atoms with Crippen LogP contribution in [0.15, 0.2) is 54.7 Å². The zero-order chi connectivity index (χ0) is 20.5. The van der Waals surface area contributed by atoms with Crippen LogP contribution in [0.25, 0.3) is 5.69 Å². The van der Waals surface area contributed by atoms with Crippen molar-refractivity contribution in [2.24, 2.45) is 0 Å². The number of aromatic nitrogens is 2.